The van der Waals surface area contributed by atoms with Crippen molar-refractivity contribution in [1.29, 1.82) is 0 Å². The number of halogens is 1. The van der Waals surface area contributed by atoms with Gasteiger partial charge in [-0.15, -0.1) is 0 Å². The molecule has 21 heavy (non-hydrogen) atoms. The molecule has 0 aromatic heterocycles. The van der Waals surface area contributed by atoms with Gasteiger partial charge in [0, 0.05) is 12.2 Å². The van der Waals surface area contributed by atoms with Crippen LogP contribution >= 0.6 is 0 Å². The molecule has 0 spiro atoms. The predicted molar refractivity (Wildman–Crippen MR) is 79.5 cm³/mol. The van der Waals surface area contributed by atoms with E-state index >= 15 is 0 Å². The highest BCUT2D eigenvalue weighted by Crippen LogP contribution is 2.18. The van der Waals surface area contributed by atoms with E-state index in [2.05, 4.69) is 5.32 Å². The second-order valence-corrected chi connectivity index (χ2v) is 4.58. The third kappa shape index (κ3) is 4.03. The maximum Gasteiger partial charge on any atom is 0.265 e. The third-order valence-corrected chi connectivity index (χ3v) is 2.94. The fourth-order valence-electron chi connectivity index (χ4n) is 1.80. The fourth-order valence-corrected chi connectivity index (χ4v) is 1.80. The summed E-state index contributed by atoms with van der Waals surface area (Å²) in [6.45, 7) is 1.96. The largest absolute Gasteiger partial charge is 0.478 e. The second kappa shape index (κ2) is 6.85. The van der Waals surface area contributed by atoms with E-state index in [9.17, 15) is 9.18 Å². The Balaban J connectivity index is 2.01. The Bertz CT molecular complexity index is 631. The lowest BCUT2D eigenvalue weighted by molar-refractivity contribution is -0.122. The molecular formula is C16H17FN2O2. The highest BCUT2D eigenvalue weighted by atomic mass is 19.1. The molecule has 5 heteroatoms. The van der Waals surface area contributed by atoms with Crippen molar-refractivity contribution in [2.45, 2.75) is 19.6 Å². The van der Waals surface area contributed by atoms with Crippen molar-refractivity contribution in [1.82, 2.24) is 0 Å². The zero-order valence-electron chi connectivity index (χ0n) is 11.7. The van der Waals surface area contributed by atoms with Crippen LogP contribution in [0.15, 0.2) is 48.5 Å². The highest BCUT2D eigenvalue weighted by molar-refractivity contribution is 5.94. The van der Waals surface area contributed by atoms with Crippen LogP contribution < -0.4 is 15.8 Å². The van der Waals surface area contributed by atoms with Gasteiger partial charge in [-0.25, -0.2) is 4.39 Å². The number of rotatable bonds is 5. The van der Waals surface area contributed by atoms with E-state index < -0.39 is 11.9 Å². The number of benzene rings is 2. The zero-order valence-corrected chi connectivity index (χ0v) is 11.7. The molecule has 0 fully saturated rings. The van der Waals surface area contributed by atoms with E-state index in [4.69, 9.17) is 10.5 Å². The third-order valence-electron chi connectivity index (χ3n) is 2.94. The minimum atomic E-state index is -0.816. The van der Waals surface area contributed by atoms with Gasteiger partial charge in [-0.05, 0) is 36.8 Å². The molecule has 0 bridgehead atoms. The van der Waals surface area contributed by atoms with E-state index in [1.54, 1.807) is 37.3 Å². The summed E-state index contributed by atoms with van der Waals surface area (Å²) in [5, 5.41) is 2.71. The molecule has 1 unspecified atom stereocenters. The molecule has 4 nitrogen and oxygen atoms in total. The number of carbonyl (C=O) groups excluding carboxylic acids is 1. The quantitative estimate of drug-likeness (QED) is 0.889. The summed E-state index contributed by atoms with van der Waals surface area (Å²) in [5.74, 6) is -0.800. The van der Waals surface area contributed by atoms with Crippen LogP contribution in [-0.4, -0.2) is 12.0 Å². The van der Waals surface area contributed by atoms with Crippen molar-refractivity contribution < 1.29 is 13.9 Å². The Morgan fingerprint density at radius 2 is 2.05 bits per heavy atom. The fraction of sp³-hybridized carbons (Fsp3) is 0.188. The molecule has 2 aromatic rings. The number of anilines is 1. The minimum Gasteiger partial charge on any atom is -0.478 e. The van der Waals surface area contributed by atoms with Crippen molar-refractivity contribution in [3.8, 4) is 5.75 Å². The number of nitrogens with two attached hydrogens (primary N) is 1. The summed E-state index contributed by atoms with van der Waals surface area (Å²) in [4.78, 5) is 12.0. The van der Waals surface area contributed by atoms with Gasteiger partial charge in [-0.2, -0.15) is 0 Å². The summed E-state index contributed by atoms with van der Waals surface area (Å²) < 4.78 is 18.8. The highest BCUT2D eigenvalue weighted by Gasteiger charge is 2.16. The van der Waals surface area contributed by atoms with Crippen molar-refractivity contribution in [2.24, 2.45) is 5.73 Å². The Morgan fingerprint density at radius 3 is 2.76 bits per heavy atom. The maximum atomic E-state index is 13.5. The number of hydrogen-bond acceptors (Lipinski definition) is 3. The van der Waals surface area contributed by atoms with E-state index in [-0.39, 0.29) is 11.7 Å². The van der Waals surface area contributed by atoms with Gasteiger partial charge in [0.1, 0.15) is 0 Å². The molecular weight excluding hydrogens is 271 g/mol. The molecule has 0 heterocycles. The lowest BCUT2D eigenvalue weighted by Crippen LogP contribution is -2.30. The van der Waals surface area contributed by atoms with Crippen LogP contribution in [0.2, 0.25) is 0 Å². The van der Waals surface area contributed by atoms with Crippen molar-refractivity contribution in [2.75, 3.05) is 5.32 Å². The van der Waals surface area contributed by atoms with Gasteiger partial charge in [0.2, 0.25) is 0 Å². The summed E-state index contributed by atoms with van der Waals surface area (Å²) in [6.07, 6.45) is -0.816. The molecule has 0 aliphatic heterocycles. The lowest BCUT2D eigenvalue weighted by atomic mass is 10.2. The summed E-state index contributed by atoms with van der Waals surface area (Å²) >= 11 is 0. The van der Waals surface area contributed by atoms with Gasteiger partial charge < -0.3 is 15.8 Å². The first-order valence-corrected chi connectivity index (χ1v) is 6.61. The lowest BCUT2D eigenvalue weighted by Gasteiger charge is -2.15. The first-order chi connectivity index (χ1) is 10.1. The maximum absolute atomic E-state index is 13.5. The first-order valence-electron chi connectivity index (χ1n) is 6.61. The normalized spacial score (nSPS) is 11.8. The van der Waals surface area contributed by atoms with Gasteiger partial charge in [-0.3, -0.25) is 4.79 Å². The number of amides is 1. The number of hydrogen-bond donors (Lipinski definition) is 2. The first kappa shape index (κ1) is 15.0. The molecule has 3 N–H and O–H groups in total. The Kier molecular flexibility index (Phi) is 4.90. The van der Waals surface area contributed by atoms with Crippen LogP contribution in [0.25, 0.3) is 0 Å². The molecule has 1 amide bonds. The van der Waals surface area contributed by atoms with Gasteiger partial charge in [-0.1, -0.05) is 24.3 Å². The number of para-hydroxylation sites is 1. The van der Waals surface area contributed by atoms with E-state index in [1.165, 1.54) is 12.1 Å². The van der Waals surface area contributed by atoms with Crippen LogP contribution in [-0.2, 0) is 11.3 Å². The van der Waals surface area contributed by atoms with Crippen molar-refractivity contribution in [3.63, 3.8) is 0 Å². The molecule has 1 atom stereocenters. The molecule has 2 rings (SSSR count). The minimum absolute atomic E-state index is 0.0517. The van der Waals surface area contributed by atoms with Gasteiger partial charge in [0.05, 0.1) is 0 Å². The molecule has 0 radical (unpaired) electrons. The topological polar surface area (TPSA) is 64.3 Å². The monoisotopic (exact) mass is 288 g/mol. The average Bonchev–Trinajstić information content (AvgIpc) is 2.49. The molecule has 110 valence electrons. The summed E-state index contributed by atoms with van der Waals surface area (Å²) in [6, 6.07) is 13.2. The van der Waals surface area contributed by atoms with Crippen LogP contribution in [0.3, 0.4) is 0 Å². The molecule has 0 saturated heterocycles. The van der Waals surface area contributed by atoms with Crippen LogP contribution in [0.4, 0.5) is 10.1 Å². The predicted octanol–water partition coefficient (Wildman–Crippen LogP) is 2.69. The number of carbonyl (C=O) groups is 1. The van der Waals surface area contributed by atoms with Crippen LogP contribution in [0, 0.1) is 5.82 Å². The smallest absolute Gasteiger partial charge is 0.265 e. The van der Waals surface area contributed by atoms with Gasteiger partial charge in [0.15, 0.2) is 17.7 Å². The van der Waals surface area contributed by atoms with Crippen LogP contribution in [0.1, 0.15) is 12.5 Å². The number of nitrogens with one attached hydrogen (secondary N) is 1. The standard InChI is InChI=1S/C16H17FN2O2/c1-11(21-15-8-3-2-7-14(15)17)16(20)19-13-6-4-5-12(9-13)10-18/h2-9,11H,10,18H2,1H3,(H,19,20). The summed E-state index contributed by atoms with van der Waals surface area (Å²) in [7, 11) is 0. The molecule has 0 saturated carbocycles. The van der Waals surface area contributed by atoms with E-state index in [0.29, 0.717) is 12.2 Å². The SMILES string of the molecule is CC(Oc1ccccc1F)C(=O)Nc1cccc(CN)c1. The second-order valence-electron chi connectivity index (χ2n) is 4.58. The summed E-state index contributed by atoms with van der Waals surface area (Å²) in [5.41, 5.74) is 7.09. The molecule has 0 aliphatic rings. The van der Waals surface area contributed by atoms with E-state index in [0.717, 1.165) is 5.56 Å². The molecule has 0 aliphatic carbocycles. The average molecular weight is 288 g/mol. The van der Waals surface area contributed by atoms with E-state index in [1.807, 2.05) is 6.07 Å². The molecule has 2 aromatic carbocycles. The zero-order chi connectivity index (χ0) is 15.2. The van der Waals surface area contributed by atoms with Gasteiger partial charge in [0.25, 0.3) is 5.91 Å². The number of ether oxygens (including phenoxy) is 1. The van der Waals surface area contributed by atoms with Crippen molar-refractivity contribution >= 4 is 11.6 Å². The Hall–Kier alpha value is -2.40. The van der Waals surface area contributed by atoms with Crippen molar-refractivity contribution in [3.05, 3.63) is 59.9 Å². The van der Waals surface area contributed by atoms with Crippen LogP contribution in [0.5, 0.6) is 5.75 Å². The Morgan fingerprint density at radius 1 is 1.29 bits per heavy atom. The van der Waals surface area contributed by atoms with Gasteiger partial charge >= 0.3 is 0 Å². The Labute approximate surface area is 122 Å².